The molecule has 0 fully saturated rings. The highest BCUT2D eigenvalue weighted by Crippen LogP contribution is 2.18. The van der Waals surface area contributed by atoms with Gasteiger partial charge in [-0.25, -0.2) is 8.42 Å². The largest absolute Gasteiger partial charge is 0.322 e. The first-order valence-corrected chi connectivity index (χ1v) is 8.55. The normalized spacial score (nSPS) is 11.0. The van der Waals surface area contributed by atoms with Gasteiger partial charge in [0.1, 0.15) is 0 Å². The molecule has 0 aliphatic carbocycles. The van der Waals surface area contributed by atoms with Gasteiger partial charge in [0.25, 0.3) is 5.91 Å². The van der Waals surface area contributed by atoms with E-state index in [9.17, 15) is 13.2 Å². The highest BCUT2D eigenvalue weighted by atomic mass is 32.2. The number of sulfonamides is 1. The minimum Gasteiger partial charge on any atom is -0.322 e. The number of hydrogen-bond donors (Lipinski definition) is 1. The molecule has 0 bridgehead atoms. The van der Waals surface area contributed by atoms with E-state index in [1.807, 2.05) is 31.2 Å². The molecule has 6 heteroatoms. The molecule has 22 heavy (non-hydrogen) atoms. The summed E-state index contributed by atoms with van der Waals surface area (Å²) in [7, 11) is -1.84. The monoisotopic (exact) mass is 318 g/mol. The van der Waals surface area contributed by atoms with E-state index in [0.717, 1.165) is 21.8 Å². The number of para-hydroxylation sites is 1. The molecule has 2 rings (SSSR count). The standard InChI is InChI=1S/C16H18N2O3S/c1-12-6-4-5-7-15(12)17-16(19)13-8-10-14(11-9-13)18(2)22(3,20)21/h4-11H,1-3H3,(H,17,19). The Balaban J connectivity index is 2.17. The van der Waals surface area contributed by atoms with Gasteiger partial charge in [-0.15, -0.1) is 0 Å². The molecule has 2 aromatic rings. The topological polar surface area (TPSA) is 66.5 Å². The average molecular weight is 318 g/mol. The Morgan fingerprint density at radius 2 is 1.64 bits per heavy atom. The fourth-order valence-corrected chi connectivity index (χ4v) is 2.43. The van der Waals surface area contributed by atoms with E-state index in [2.05, 4.69) is 5.32 Å². The van der Waals surface area contributed by atoms with Gasteiger partial charge in [0.2, 0.25) is 10.0 Å². The molecule has 2 aromatic carbocycles. The second kappa shape index (κ2) is 6.19. The molecule has 0 spiro atoms. The van der Waals surface area contributed by atoms with Crippen LogP contribution in [0, 0.1) is 6.92 Å². The van der Waals surface area contributed by atoms with E-state index in [1.54, 1.807) is 24.3 Å². The summed E-state index contributed by atoms with van der Waals surface area (Å²) in [6.45, 7) is 1.92. The summed E-state index contributed by atoms with van der Waals surface area (Å²) in [4.78, 5) is 12.2. The van der Waals surface area contributed by atoms with Gasteiger partial charge in [0.15, 0.2) is 0 Å². The van der Waals surface area contributed by atoms with Crippen LogP contribution in [0.25, 0.3) is 0 Å². The number of benzene rings is 2. The van der Waals surface area contributed by atoms with Crippen molar-refractivity contribution in [1.82, 2.24) is 0 Å². The van der Waals surface area contributed by atoms with Gasteiger partial charge in [0.05, 0.1) is 11.9 Å². The van der Waals surface area contributed by atoms with Crippen molar-refractivity contribution in [1.29, 1.82) is 0 Å². The number of anilines is 2. The van der Waals surface area contributed by atoms with Gasteiger partial charge in [-0.2, -0.15) is 0 Å². The lowest BCUT2D eigenvalue weighted by molar-refractivity contribution is 0.102. The maximum atomic E-state index is 12.2. The molecule has 5 nitrogen and oxygen atoms in total. The molecular weight excluding hydrogens is 300 g/mol. The van der Waals surface area contributed by atoms with Crippen molar-refractivity contribution in [3.05, 3.63) is 59.7 Å². The predicted molar refractivity (Wildman–Crippen MR) is 88.8 cm³/mol. The van der Waals surface area contributed by atoms with Gasteiger partial charge in [-0.05, 0) is 42.8 Å². The quantitative estimate of drug-likeness (QED) is 0.942. The molecule has 0 aromatic heterocycles. The van der Waals surface area contributed by atoms with Crippen LogP contribution >= 0.6 is 0 Å². The van der Waals surface area contributed by atoms with E-state index in [1.165, 1.54) is 7.05 Å². The Morgan fingerprint density at radius 3 is 2.18 bits per heavy atom. The highest BCUT2D eigenvalue weighted by Gasteiger charge is 2.13. The van der Waals surface area contributed by atoms with Crippen LogP contribution in [-0.4, -0.2) is 27.6 Å². The van der Waals surface area contributed by atoms with Crippen molar-refractivity contribution in [2.45, 2.75) is 6.92 Å². The van der Waals surface area contributed by atoms with Crippen molar-refractivity contribution in [3.63, 3.8) is 0 Å². The lowest BCUT2D eigenvalue weighted by Gasteiger charge is -2.16. The summed E-state index contributed by atoms with van der Waals surface area (Å²) >= 11 is 0. The number of aryl methyl sites for hydroxylation is 1. The Hall–Kier alpha value is -2.34. The maximum Gasteiger partial charge on any atom is 0.255 e. The van der Waals surface area contributed by atoms with Gasteiger partial charge < -0.3 is 5.32 Å². The SMILES string of the molecule is Cc1ccccc1NC(=O)c1ccc(N(C)S(C)(=O)=O)cc1. The Kier molecular flexibility index (Phi) is 4.51. The number of hydrogen-bond acceptors (Lipinski definition) is 3. The number of carbonyl (C=O) groups is 1. The summed E-state index contributed by atoms with van der Waals surface area (Å²) in [5.41, 5.74) is 2.71. The second-order valence-corrected chi connectivity index (χ2v) is 7.06. The molecule has 0 aliphatic heterocycles. The number of amides is 1. The van der Waals surface area contributed by atoms with Crippen LogP contribution < -0.4 is 9.62 Å². The third kappa shape index (κ3) is 3.65. The smallest absolute Gasteiger partial charge is 0.255 e. The molecule has 1 N–H and O–H groups in total. The van der Waals surface area contributed by atoms with E-state index in [4.69, 9.17) is 0 Å². The Morgan fingerprint density at radius 1 is 1.05 bits per heavy atom. The summed E-state index contributed by atoms with van der Waals surface area (Å²) in [6.07, 6.45) is 1.13. The molecule has 0 heterocycles. The molecule has 0 atom stereocenters. The molecule has 0 aliphatic rings. The van der Waals surface area contributed by atoms with Crippen molar-refractivity contribution in [3.8, 4) is 0 Å². The zero-order valence-electron chi connectivity index (χ0n) is 12.7. The minimum atomic E-state index is -3.31. The molecule has 1 amide bonds. The third-order valence-electron chi connectivity index (χ3n) is 3.38. The summed E-state index contributed by atoms with van der Waals surface area (Å²) in [6, 6.07) is 13.9. The van der Waals surface area contributed by atoms with E-state index < -0.39 is 10.0 Å². The first-order chi connectivity index (χ1) is 10.3. The summed E-state index contributed by atoms with van der Waals surface area (Å²) in [5.74, 6) is -0.233. The van der Waals surface area contributed by atoms with Crippen molar-refractivity contribution >= 4 is 27.3 Å². The molecule has 0 radical (unpaired) electrons. The minimum absolute atomic E-state index is 0.233. The fourth-order valence-electron chi connectivity index (χ4n) is 1.92. The van der Waals surface area contributed by atoms with Gasteiger partial charge in [-0.1, -0.05) is 18.2 Å². The molecular formula is C16H18N2O3S. The predicted octanol–water partition coefficient (Wildman–Crippen LogP) is 2.64. The van der Waals surface area contributed by atoms with Crippen LogP contribution in [0.3, 0.4) is 0 Å². The van der Waals surface area contributed by atoms with E-state index in [0.29, 0.717) is 11.3 Å². The lowest BCUT2D eigenvalue weighted by atomic mass is 10.1. The molecule has 0 unspecified atom stereocenters. The molecule has 0 saturated heterocycles. The molecule has 116 valence electrons. The number of nitrogens with zero attached hydrogens (tertiary/aromatic N) is 1. The van der Waals surface area contributed by atoms with Crippen LogP contribution in [0.2, 0.25) is 0 Å². The van der Waals surface area contributed by atoms with Crippen molar-refractivity contribution < 1.29 is 13.2 Å². The van der Waals surface area contributed by atoms with Crippen molar-refractivity contribution in [2.24, 2.45) is 0 Å². The van der Waals surface area contributed by atoms with Crippen LogP contribution in [-0.2, 0) is 10.0 Å². The average Bonchev–Trinajstić information content (AvgIpc) is 2.48. The first kappa shape index (κ1) is 16.0. The Labute approximate surface area is 130 Å². The summed E-state index contributed by atoms with van der Waals surface area (Å²) < 4.78 is 24.1. The van der Waals surface area contributed by atoms with E-state index in [-0.39, 0.29) is 5.91 Å². The third-order valence-corrected chi connectivity index (χ3v) is 4.59. The second-order valence-electron chi connectivity index (χ2n) is 5.05. The van der Waals surface area contributed by atoms with Crippen molar-refractivity contribution in [2.75, 3.05) is 22.9 Å². The van der Waals surface area contributed by atoms with Crippen LogP contribution in [0.4, 0.5) is 11.4 Å². The van der Waals surface area contributed by atoms with Gasteiger partial charge in [0, 0.05) is 18.3 Å². The van der Waals surface area contributed by atoms with Gasteiger partial charge >= 0.3 is 0 Å². The number of carbonyl (C=O) groups excluding carboxylic acids is 1. The summed E-state index contributed by atoms with van der Waals surface area (Å²) in [5, 5.41) is 2.83. The van der Waals surface area contributed by atoms with Crippen LogP contribution in [0.1, 0.15) is 15.9 Å². The molecule has 0 saturated carbocycles. The van der Waals surface area contributed by atoms with Gasteiger partial charge in [-0.3, -0.25) is 9.10 Å². The van der Waals surface area contributed by atoms with Crippen LogP contribution in [0.5, 0.6) is 0 Å². The van der Waals surface area contributed by atoms with Crippen LogP contribution in [0.15, 0.2) is 48.5 Å². The number of nitrogens with one attached hydrogen (secondary N) is 1. The number of rotatable bonds is 4. The lowest BCUT2D eigenvalue weighted by Crippen LogP contribution is -2.24. The zero-order chi connectivity index (χ0) is 16.3. The zero-order valence-corrected chi connectivity index (χ0v) is 13.5. The Bertz CT molecular complexity index is 783. The highest BCUT2D eigenvalue weighted by molar-refractivity contribution is 7.92. The maximum absolute atomic E-state index is 12.2. The first-order valence-electron chi connectivity index (χ1n) is 6.70. The fraction of sp³-hybridized carbons (Fsp3) is 0.188. The van der Waals surface area contributed by atoms with E-state index >= 15 is 0 Å².